The third kappa shape index (κ3) is 37.3. The Morgan fingerprint density at radius 2 is 1.02 bits per heavy atom. The number of carbonyl (C=O) groups excluding carboxylic acids is 3. The summed E-state index contributed by atoms with van der Waals surface area (Å²) in [5, 5.41) is 0. The van der Waals surface area contributed by atoms with E-state index in [0.29, 0.717) is 19.3 Å². The second-order valence-corrected chi connectivity index (χ2v) is 14.5. The highest BCUT2D eigenvalue weighted by Crippen LogP contribution is 2.36. The van der Waals surface area contributed by atoms with Crippen molar-refractivity contribution in [2.75, 3.05) is 13.2 Å². The Morgan fingerprint density at radius 1 is 0.571 bits per heavy atom. The maximum atomic E-state index is 12.4. The van der Waals surface area contributed by atoms with Gasteiger partial charge in [0.2, 0.25) is 0 Å². The minimum Gasteiger partial charge on any atom is -0.462 e. The molecule has 0 bridgehead atoms. The molecule has 0 fully saturated rings. The van der Waals surface area contributed by atoms with E-state index in [4.69, 9.17) is 19.3 Å². The number of allylic oxidation sites excluding steroid dienone is 4. The molecule has 9 nitrogen and oxygen atoms in total. The van der Waals surface area contributed by atoms with Gasteiger partial charge >= 0.3 is 19.8 Å². The van der Waals surface area contributed by atoms with Crippen LogP contribution in [0.2, 0.25) is 0 Å². The van der Waals surface area contributed by atoms with Gasteiger partial charge in [-0.2, -0.15) is 0 Å². The zero-order chi connectivity index (χ0) is 36.3. The number of phosphoric acid groups is 1. The molecule has 0 aliphatic heterocycles. The summed E-state index contributed by atoms with van der Waals surface area (Å²) in [5.74, 6) is -0.852. The third-order valence-electron chi connectivity index (χ3n) is 8.45. The van der Waals surface area contributed by atoms with Crippen LogP contribution in [0.25, 0.3) is 0 Å². The fourth-order valence-electron chi connectivity index (χ4n) is 5.47. The lowest BCUT2D eigenvalue weighted by atomic mass is 10.0. The van der Waals surface area contributed by atoms with Crippen molar-refractivity contribution in [3.63, 3.8) is 0 Å². The number of ketones is 1. The standard InChI is InChI=1S/C39H71O9P/c1-3-5-7-9-11-12-13-14-15-16-17-18-20-24-29-33-39(42)48-37(35-47-49(43,44)45)34-46-38(41)32-28-25-21-23-27-31-36(40)30-26-22-19-10-8-6-4-2/h19,22,26,30,37H,3-18,20-21,23-25,27-29,31-35H2,1-2H3,(H2,43,44,45)/b22-19-,30-26+/t37-/m1/s1. The number of rotatable bonds is 36. The molecule has 0 aromatic rings. The van der Waals surface area contributed by atoms with Gasteiger partial charge in [0.1, 0.15) is 6.61 Å². The van der Waals surface area contributed by atoms with Crippen LogP contribution in [0, 0.1) is 0 Å². The molecule has 10 heteroatoms. The van der Waals surface area contributed by atoms with E-state index in [9.17, 15) is 18.9 Å². The smallest absolute Gasteiger partial charge is 0.462 e. The average molecular weight is 715 g/mol. The van der Waals surface area contributed by atoms with Gasteiger partial charge in [0.05, 0.1) is 6.61 Å². The van der Waals surface area contributed by atoms with E-state index < -0.39 is 32.5 Å². The summed E-state index contributed by atoms with van der Waals surface area (Å²) in [6, 6.07) is 0. The van der Waals surface area contributed by atoms with Gasteiger partial charge in [0.25, 0.3) is 0 Å². The van der Waals surface area contributed by atoms with Crippen molar-refractivity contribution in [3.8, 4) is 0 Å². The molecule has 0 spiro atoms. The van der Waals surface area contributed by atoms with Crippen LogP contribution in [0.4, 0.5) is 0 Å². The highest BCUT2D eigenvalue weighted by atomic mass is 31.2. The summed E-state index contributed by atoms with van der Waals surface area (Å²) in [6.45, 7) is 3.53. The van der Waals surface area contributed by atoms with Crippen LogP contribution in [-0.2, 0) is 32.9 Å². The summed E-state index contributed by atoms with van der Waals surface area (Å²) < 4.78 is 26.3. The third-order valence-corrected chi connectivity index (χ3v) is 8.93. The number of hydrogen-bond acceptors (Lipinski definition) is 7. The van der Waals surface area contributed by atoms with E-state index in [-0.39, 0.29) is 25.2 Å². The summed E-state index contributed by atoms with van der Waals surface area (Å²) in [7, 11) is -4.77. The molecule has 0 aliphatic rings. The first kappa shape index (κ1) is 47.2. The van der Waals surface area contributed by atoms with Crippen LogP contribution < -0.4 is 0 Å². The van der Waals surface area contributed by atoms with Crippen molar-refractivity contribution in [2.45, 2.75) is 193 Å². The Labute approximate surface area is 298 Å². The molecule has 0 radical (unpaired) electrons. The van der Waals surface area contributed by atoms with Gasteiger partial charge in [0, 0.05) is 19.3 Å². The summed E-state index contributed by atoms with van der Waals surface area (Å²) in [5.41, 5.74) is 0. The van der Waals surface area contributed by atoms with E-state index in [0.717, 1.165) is 51.4 Å². The lowest BCUT2D eigenvalue weighted by Crippen LogP contribution is -2.29. The first-order valence-corrected chi connectivity index (χ1v) is 21.1. The van der Waals surface area contributed by atoms with Crippen LogP contribution in [0.1, 0.15) is 187 Å². The van der Waals surface area contributed by atoms with Crippen LogP contribution in [0.15, 0.2) is 24.3 Å². The molecule has 1 atom stereocenters. The van der Waals surface area contributed by atoms with E-state index in [1.807, 2.05) is 12.2 Å². The highest BCUT2D eigenvalue weighted by Gasteiger charge is 2.22. The molecule has 0 saturated carbocycles. The lowest BCUT2D eigenvalue weighted by molar-refractivity contribution is -0.161. The molecule has 2 N–H and O–H groups in total. The summed E-state index contributed by atoms with van der Waals surface area (Å²) >= 11 is 0. The molecule has 49 heavy (non-hydrogen) atoms. The van der Waals surface area contributed by atoms with Crippen molar-refractivity contribution in [3.05, 3.63) is 24.3 Å². The van der Waals surface area contributed by atoms with Crippen LogP contribution in [0.3, 0.4) is 0 Å². The number of carbonyl (C=O) groups is 3. The van der Waals surface area contributed by atoms with Crippen molar-refractivity contribution >= 4 is 25.5 Å². The van der Waals surface area contributed by atoms with Crippen molar-refractivity contribution in [2.24, 2.45) is 0 Å². The van der Waals surface area contributed by atoms with Gasteiger partial charge in [0.15, 0.2) is 11.9 Å². The predicted octanol–water partition coefficient (Wildman–Crippen LogP) is 10.8. The normalized spacial score (nSPS) is 12.6. The van der Waals surface area contributed by atoms with Crippen molar-refractivity contribution in [1.29, 1.82) is 0 Å². The first-order chi connectivity index (χ1) is 23.7. The molecule has 286 valence electrons. The molecular formula is C39H71O9P. The van der Waals surface area contributed by atoms with E-state index in [1.54, 1.807) is 6.08 Å². The monoisotopic (exact) mass is 714 g/mol. The Morgan fingerprint density at radius 3 is 1.53 bits per heavy atom. The fourth-order valence-corrected chi connectivity index (χ4v) is 5.83. The highest BCUT2D eigenvalue weighted by molar-refractivity contribution is 7.46. The van der Waals surface area contributed by atoms with Gasteiger partial charge in [-0.05, 0) is 38.2 Å². The maximum absolute atomic E-state index is 12.4. The summed E-state index contributed by atoms with van der Waals surface area (Å²) in [6.07, 6.45) is 34.3. The fraction of sp³-hybridized carbons (Fsp3) is 0.821. The number of hydrogen-bond donors (Lipinski definition) is 2. The SMILES string of the molecule is CCCCC/C=C\C=C\C(=O)CCCCCCCC(=O)OC[C@H](COP(=O)(O)O)OC(=O)CCCCCCCCCCCCCCCCC. The molecule has 0 rings (SSSR count). The maximum Gasteiger partial charge on any atom is 0.469 e. The quantitative estimate of drug-likeness (QED) is 0.0213. The number of phosphoric ester groups is 1. The molecule has 0 aromatic carbocycles. The van der Waals surface area contributed by atoms with Gasteiger partial charge in [-0.3, -0.25) is 18.9 Å². The molecule has 0 aliphatic carbocycles. The minimum absolute atomic E-state index is 0.120. The zero-order valence-electron chi connectivity index (χ0n) is 31.1. The van der Waals surface area contributed by atoms with Gasteiger partial charge in [-0.25, -0.2) is 4.57 Å². The Bertz CT molecular complexity index is 912. The Balaban J connectivity index is 4.02. The summed E-state index contributed by atoms with van der Waals surface area (Å²) in [4.78, 5) is 54.7. The minimum atomic E-state index is -4.77. The topological polar surface area (TPSA) is 136 Å². The predicted molar refractivity (Wildman–Crippen MR) is 198 cm³/mol. The zero-order valence-corrected chi connectivity index (χ0v) is 32.0. The van der Waals surface area contributed by atoms with E-state index >= 15 is 0 Å². The van der Waals surface area contributed by atoms with Crippen molar-refractivity contribution in [1.82, 2.24) is 0 Å². The van der Waals surface area contributed by atoms with E-state index in [2.05, 4.69) is 24.4 Å². The molecule has 0 heterocycles. The van der Waals surface area contributed by atoms with Crippen molar-refractivity contribution < 1.29 is 42.7 Å². The first-order valence-electron chi connectivity index (χ1n) is 19.6. The Hall–Kier alpha value is -1.80. The second-order valence-electron chi connectivity index (χ2n) is 13.3. The van der Waals surface area contributed by atoms with Gasteiger partial charge in [-0.1, -0.05) is 154 Å². The van der Waals surface area contributed by atoms with Gasteiger partial charge in [-0.15, -0.1) is 0 Å². The largest absolute Gasteiger partial charge is 0.469 e. The number of unbranched alkanes of at least 4 members (excludes halogenated alkanes) is 21. The van der Waals surface area contributed by atoms with Gasteiger partial charge < -0.3 is 19.3 Å². The second kappa shape index (κ2) is 34.6. The molecular weight excluding hydrogens is 643 g/mol. The number of ether oxygens (including phenoxy) is 2. The Kier molecular flexibility index (Phi) is 33.4. The lowest BCUT2D eigenvalue weighted by Gasteiger charge is -2.18. The average Bonchev–Trinajstić information content (AvgIpc) is 3.06. The number of esters is 2. The van der Waals surface area contributed by atoms with E-state index in [1.165, 1.54) is 89.9 Å². The molecule has 0 unspecified atom stereocenters. The van der Waals surface area contributed by atoms with Crippen LogP contribution in [-0.4, -0.2) is 46.8 Å². The molecule has 0 aromatic heterocycles. The molecule has 0 saturated heterocycles. The molecule has 0 amide bonds. The van der Waals surface area contributed by atoms with Crippen LogP contribution in [0.5, 0.6) is 0 Å². The van der Waals surface area contributed by atoms with Crippen LogP contribution >= 0.6 is 7.82 Å².